The maximum Gasteiger partial charge on any atom is 0.248 e. The average molecular weight is 467 g/mol. The molecule has 2 aromatic rings. The first-order valence-electron chi connectivity index (χ1n) is 9.57. The van der Waals surface area contributed by atoms with Crippen LogP contribution in [0.15, 0.2) is 47.4 Å². The fourth-order valence-electron chi connectivity index (χ4n) is 2.56. The van der Waals surface area contributed by atoms with Crippen LogP contribution in [0, 0.1) is 5.92 Å². The fraction of sp³-hybridized carbons (Fsp3) is 0.318. The molecule has 0 aliphatic carbocycles. The lowest BCUT2D eigenvalue weighted by atomic mass is 10.1. The highest BCUT2D eigenvalue weighted by molar-refractivity contribution is 7.89. The van der Waals surface area contributed by atoms with Crippen molar-refractivity contribution in [3.8, 4) is 11.5 Å². The van der Waals surface area contributed by atoms with E-state index in [1.54, 1.807) is 30.3 Å². The van der Waals surface area contributed by atoms with E-state index in [1.807, 2.05) is 13.8 Å². The van der Waals surface area contributed by atoms with E-state index in [4.69, 9.17) is 21.1 Å². The van der Waals surface area contributed by atoms with E-state index in [0.717, 1.165) is 4.31 Å². The number of hydrogen-bond donors (Lipinski definition) is 1. The molecule has 0 spiro atoms. The van der Waals surface area contributed by atoms with Crippen molar-refractivity contribution in [3.63, 3.8) is 0 Å². The standard InChI is InChI=1S/C22H27ClN2O5S/c1-15(2)14-30-22-17(23)12-16(13-19(22)29-5)10-11-21(26)24-18-8-6-7-9-20(18)31(27,28)25(3)4/h6-13,15H,14H2,1-5H3,(H,24,26)/b11-10+. The van der Waals surface area contributed by atoms with Crippen molar-refractivity contribution in [3.05, 3.63) is 53.1 Å². The van der Waals surface area contributed by atoms with Gasteiger partial charge in [0, 0.05) is 20.2 Å². The van der Waals surface area contributed by atoms with Crippen LogP contribution in [0.5, 0.6) is 11.5 Å². The molecule has 0 saturated carbocycles. The molecule has 1 amide bonds. The minimum Gasteiger partial charge on any atom is -0.493 e. The first-order chi connectivity index (χ1) is 14.6. The molecule has 0 unspecified atom stereocenters. The van der Waals surface area contributed by atoms with E-state index in [1.165, 1.54) is 39.4 Å². The van der Waals surface area contributed by atoms with E-state index in [9.17, 15) is 13.2 Å². The fourth-order valence-corrected chi connectivity index (χ4v) is 3.88. The number of sulfonamides is 1. The smallest absolute Gasteiger partial charge is 0.248 e. The summed E-state index contributed by atoms with van der Waals surface area (Å²) in [7, 11) is 0.666. The number of methoxy groups -OCH3 is 1. The van der Waals surface area contributed by atoms with Gasteiger partial charge in [0.25, 0.3) is 0 Å². The minimum absolute atomic E-state index is 0.0121. The average Bonchev–Trinajstić information content (AvgIpc) is 2.71. The molecule has 7 nitrogen and oxygen atoms in total. The number of nitrogens with zero attached hydrogens (tertiary/aromatic N) is 1. The van der Waals surface area contributed by atoms with Crippen molar-refractivity contribution in [1.82, 2.24) is 4.31 Å². The van der Waals surface area contributed by atoms with Crippen molar-refractivity contribution >= 4 is 39.3 Å². The van der Waals surface area contributed by atoms with Crippen LogP contribution in [0.3, 0.4) is 0 Å². The summed E-state index contributed by atoms with van der Waals surface area (Å²) in [6.07, 6.45) is 2.85. The SMILES string of the molecule is COc1cc(/C=C/C(=O)Nc2ccccc2S(=O)(=O)N(C)C)cc(Cl)c1OCC(C)C. The molecule has 1 N–H and O–H groups in total. The minimum atomic E-state index is -3.70. The molecule has 31 heavy (non-hydrogen) atoms. The summed E-state index contributed by atoms with van der Waals surface area (Å²) >= 11 is 6.33. The highest BCUT2D eigenvalue weighted by Crippen LogP contribution is 2.37. The molecule has 0 aliphatic heterocycles. The summed E-state index contributed by atoms with van der Waals surface area (Å²) in [5.74, 6) is 0.734. The van der Waals surface area contributed by atoms with Gasteiger partial charge in [0.05, 0.1) is 24.4 Å². The molecule has 168 valence electrons. The number of nitrogens with one attached hydrogen (secondary N) is 1. The second-order valence-corrected chi connectivity index (χ2v) is 9.87. The molecule has 0 bridgehead atoms. The van der Waals surface area contributed by atoms with Gasteiger partial charge in [-0.2, -0.15) is 0 Å². The van der Waals surface area contributed by atoms with Gasteiger partial charge in [0.2, 0.25) is 15.9 Å². The van der Waals surface area contributed by atoms with Gasteiger partial charge in [0.1, 0.15) is 4.90 Å². The predicted octanol–water partition coefficient (Wildman–Crippen LogP) is 4.29. The Hall–Kier alpha value is -2.55. The third-order valence-corrected chi connectivity index (χ3v) is 6.30. The van der Waals surface area contributed by atoms with Gasteiger partial charge < -0.3 is 14.8 Å². The Morgan fingerprint density at radius 2 is 1.90 bits per heavy atom. The lowest BCUT2D eigenvalue weighted by Crippen LogP contribution is -2.24. The van der Waals surface area contributed by atoms with E-state index >= 15 is 0 Å². The van der Waals surface area contributed by atoms with Crippen molar-refractivity contribution in [2.75, 3.05) is 33.1 Å². The quantitative estimate of drug-likeness (QED) is 0.557. The van der Waals surface area contributed by atoms with E-state index in [0.29, 0.717) is 34.6 Å². The summed E-state index contributed by atoms with van der Waals surface area (Å²) in [5.41, 5.74) is 0.821. The first kappa shape index (κ1) is 24.7. The lowest BCUT2D eigenvalue weighted by Gasteiger charge is -2.15. The zero-order valence-electron chi connectivity index (χ0n) is 18.2. The van der Waals surface area contributed by atoms with Crippen molar-refractivity contribution in [1.29, 1.82) is 0 Å². The summed E-state index contributed by atoms with van der Waals surface area (Å²) < 4.78 is 37.1. The van der Waals surface area contributed by atoms with Crippen LogP contribution < -0.4 is 14.8 Å². The molecule has 9 heteroatoms. The number of amides is 1. The number of halogens is 1. The van der Waals surface area contributed by atoms with Crippen molar-refractivity contribution in [2.45, 2.75) is 18.7 Å². The Morgan fingerprint density at radius 1 is 1.23 bits per heavy atom. The first-order valence-corrected chi connectivity index (χ1v) is 11.4. The molecule has 0 atom stereocenters. The van der Waals surface area contributed by atoms with Crippen molar-refractivity contribution in [2.24, 2.45) is 5.92 Å². The monoisotopic (exact) mass is 466 g/mol. The normalized spacial score (nSPS) is 11.9. The third-order valence-electron chi connectivity index (χ3n) is 4.14. The van der Waals surface area contributed by atoms with Gasteiger partial charge in [-0.3, -0.25) is 4.79 Å². The molecule has 0 fully saturated rings. The number of hydrogen-bond acceptors (Lipinski definition) is 5. The summed E-state index contributed by atoms with van der Waals surface area (Å²) in [6.45, 7) is 4.54. The highest BCUT2D eigenvalue weighted by Gasteiger charge is 2.21. The van der Waals surface area contributed by atoms with E-state index in [-0.39, 0.29) is 10.6 Å². The van der Waals surface area contributed by atoms with Gasteiger partial charge >= 0.3 is 0 Å². The molecule has 2 aromatic carbocycles. The zero-order valence-corrected chi connectivity index (χ0v) is 19.8. The number of benzene rings is 2. The largest absolute Gasteiger partial charge is 0.493 e. The number of carbonyl (C=O) groups excluding carboxylic acids is 1. The van der Waals surface area contributed by atoms with Gasteiger partial charge in [-0.25, -0.2) is 12.7 Å². The Labute approximate surface area is 188 Å². The molecule has 0 heterocycles. The molecule has 0 aliphatic rings. The van der Waals surface area contributed by atoms with Crippen LogP contribution in [0.25, 0.3) is 6.08 Å². The second-order valence-electron chi connectivity index (χ2n) is 7.35. The van der Waals surface area contributed by atoms with Crippen LogP contribution in [0.2, 0.25) is 5.02 Å². The molecule has 0 saturated heterocycles. The van der Waals surface area contributed by atoms with Crippen LogP contribution in [0.4, 0.5) is 5.69 Å². The van der Waals surface area contributed by atoms with Crippen LogP contribution in [-0.2, 0) is 14.8 Å². The molecule has 0 radical (unpaired) electrons. The van der Waals surface area contributed by atoms with Gasteiger partial charge in [0.15, 0.2) is 11.5 Å². The number of carbonyl (C=O) groups is 1. The zero-order chi connectivity index (χ0) is 23.2. The topological polar surface area (TPSA) is 84.9 Å². The number of anilines is 1. The molecular formula is C22H27ClN2O5S. The van der Waals surface area contributed by atoms with Crippen molar-refractivity contribution < 1.29 is 22.7 Å². The molecule has 2 rings (SSSR count). The Kier molecular flexibility index (Phi) is 8.50. The lowest BCUT2D eigenvalue weighted by molar-refractivity contribution is -0.111. The third kappa shape index (κ3) is 6.46. The molecule has 0 aromatic heterocycles. The summed E-state index contributed by atoms with van der Waals surface area (Å²) in [4.78, 5) is 12.4. The second kappa shape index (κ2) is 10.7. The number of para-hydroxylation sites is 1. The summed E-state index contributed by atoms with van der Waals surface area (Å²) in [5, 5.41) is 2.97. The Balaban J connectivity index is 2.22. The van der Waals surface area contributed by atoms with Gasteiger partial charge in [-0.15, -0.1) is 0 Å². The van der Waals surface area contributed by atoms with Gasteiger partial charge in [-0.1, -0.05) is 37.6 Å². The van der Waals surface area contributed by atoms with Crippen LogP contribution >= 0.6 is 11.6 Å². The Bertz CT molecular complexity index is 1070. The maximum atomic E-state index is 12.5. The van der Waals surface area contributed by atoms with E-state index < -0.39 is 15.9 Å². The number of ether oxygens (including phenoxy) is 2. The number of rotatable bonds is 9. The molecular weight excluding hydrogens is 440 g/mol. The highest BCUT2D eigenvalue weighted by atomic mass is 35.5. The Morgan fingerprint density at radius 3 is 2.52 bits per heavy atom. The predicted molar refractivity (Wildman–Crippen MR) is 123 cm³/mol. The van der Waals surface area contributed by atoms with Crippen LogP contribution in [0.1, 0.15) is 19.4 Å². The van der Waals surface area contributed by atoms with Gasteiger partial charge in [-0.05, 0) is 41.8 Å². The summed E-state index contributed by atoms with van der Waals surface area (Å²) in [6, 6.07) is 9.58. The van der Waals surface area contributed by atoms with Crippen LogP contribution in [-0.4, -0.2) is 46.4 Å². The van der Waals surface area contributed by atoms with E-state index in [2.05, 4.69) is 5.32 Å². The maximum absolute atomic E-state index is 12.5.